The van der Waals surface area contributed by atoms with E-state index < -0.39 is 0 Å². The summed E-state index contributed by atoms with van der Waals surface area (Å²) in [5.74, 6) is 0. The Hall–Kier alpha value is 1.11. The minimum atomic E-state index is 0. The van der Waals surface area contributed by atoms with Gasteiger partial charge in [-0.2, -0.15) is 0 Å². The standard InChI is InChI=1S/C6H11NS2.Na/c8-6(9)7-4-2-1-3-5-7;/h1-5H2,(H,8,9);/q;+1/p-1. The maximum Gasteiger partial charge on any atom is 1.00 e. The fraction of sp³-hybridized carbons (Fsp3) is 0.833. The van der Waals surface area contributed by atoms with Crippen molar-refractivity contribution < 1.29 is 29.6 Å². The van der Waals surface area contributed by atoms with Gasteiger partial charge >= 0.3 is 29.6 Å². The first-order valence-electron chi connectivity index (χ1n) is 3.26. The van der Waals surface area contributed by atoms with E-state index in [-0.39, 0.29) is 29.6 Å². The zero-order valence-electron chi connectivity index (χ0n) is 6.30. The van der Waals surface area contributed by atoms with Crippen LogP contribution in [0.15, 0.2) is 0 Å². The minimum Gasteiger partial charge on any atom is -0.411 e. The molecule has 0 amide bonds. The van der Waals surface area contributed by atoms with Crippen molar-refractivity contribution in [1.82, 2.24) is 4.90 Å². The molecule has 1 aliphatic rings. The van der Waals surface area contributed by atoms with Gasteiger partial charge in [-0.15, -0.1) is 0 Å². The van der Waals surface area contributed by atoms with Crippen molar-refractivity contribution in [1.29, 1.82) is 0 Å². The Morgan fingerprint density at radius 3 is 2.00 bits per heavy atom. The molecule has 1 fully saturated rings. The van der Waals surface area contributed by atoms with Crippen LogP contribution in [0, 0.1) is 0 Å². The molecule has 0 aromatic carbocycles. The maximum absolute atomic E-state index is 4.86. The summed E-state index contributed by atoms with van der Waals surface area (Å²) >= 11 is 9.71. The molecular weight excluding hydrogens is 173 g/mol. The van der Waals surface area contributed by atoms with Crippen LogP contribution in [-0.2, 0) is 12.6 Å². The van der Waals surface area contributed by atoms with E-state index in [1.54, 1.807) is 0 Å². The number of nitrogens with zero attached hydrogens (tertiary/aromatic N) is 1. The third-order valence-electron chi connectivity index (χ3n) is 1.61. The van der Waals surface area contributed by atoms with Crippen LogP contribution in [0.1, 0.15) is 19.3 Å². The number of hydrogen-bond acceptors (Lipinski definition) is 2. The second kappa shape index (κ2) is 5.72. The predicted molar refractivity (Wildman–Crippen MR) is 45.4 cm³/mol. The Kier molecular flexibility index (Phi) is 6.36. The molecule has 0 unspecified atom stereocenters. The van der Waals surface area contributed by atoms with Crippen molar-refractivity contribution in [3.63, 3.8) is 0 Å². The van der Waals surface area contributed by atoms with Crippen molar-refractivity contribution >= 4 is 29.2 Å². The second-order valence-electron chi connectivity index (χ2n) is 2.31. The van der Waals surface area contributed by atoms with Gasteiger partial charge in [0.25, 0.3) is 0 Å². The van der Waals surface area contributed by atoms with Crippen molar-refractivity contribution in [2.75, 3.05) is 13.1 Å². The third-order valence-corrected chi connectivity index (χ3v) is 2.13. The molecule has 0 atom stereocenters. The molecule has 10 heavy (non-hydrogen) atoms. The summed E-state index contributed by atoms with van der Waals surface area (Å²) in [7, 11) is 0. The number of thiocarbonyl (C=S) groups is 1. The van der Waals surface area contributed by atoms with Gasteiger partial charge in [0.1, 0.15) is 0 Å². The molecule has 1 aliphatic heterocycles. The number of hydrogen-bond donors (Lipinski definition) is 0. The number of rotatable bonds is 0. The van der Waals surface area contributed by atoms with Gasteiger partial charge < -0.3 is 29.7 Å². The summed E-state index contributed by atoms with van der Waals surface area (Å²) in [4.78, 5) is 2.11. The molecule has 52 valence electrons. The van der Waals surface area contributed by atoms with E-state index in [2.05, 4.69) is 4.90 Å². The van der Waals surface area contributed by atoms with Crippen LogP contribution < -0.4 is 29.6 Å². The zero-order chi connectivity index (χ0) is 6.69. The minimum absolute atomic E-state index is 0. The van der Waals surface area contributed by atoms with E-state index in [4.69, 9.17) is 24.8 Å². The first-order valence-corrected chi connectivity index (χ1v) is 4.08. The van der Waals surface area contributed by atoms with Gasteiger partial charge in [-0.1, -0.05) is 4.32 Å². The van der Waals surface area contributed by atoms with Crippen molar-refractivity contribution in [2.24, 2.45) is 0 Å². The maximum atomic E-state index is 4.86. The average molecular weight is 183 g/mol. The largest absolute Gasteiger partial charge is 1.00 e. The van der Waals surface area contributed by atoms with Crippen LogP contribution in [0.4, 0.5) is 0 Å². The molecule has 0 N–H and O–H groups in total. The molecule has 0 aliphatic carbocycles. The zero-order valence-corrected chi connectivity index (χ0v) is 9.93. The van der Waals surface area contributed by atoms with E-state index >= 15 is 0 Å². The van der Waals surface area contributed by atoms with Gasteiger partial charge in [-0.25, -0.2) is 0 Å². The molecule has 4 heteroatoms. The smallest absolute Gasteiger partial charge is 0.411 e. The molecule has 1 heterocycles. The van der Waals surface area contributed by atoms with Crippen LogP contribution in [0.3, 0.4) is 0 Å². The summed E-state index contributed by atoms with van der Waals surface area (Å²) < 4.78 is 0.648. The quantitative estimate of drug-likeness (QED) is 0.251. The summed E-state index contributed by atoms with van der Waals surface area (Å²) in [5, 5.41) is 0. The summed E-state index contributed by atoms with van der Waals surface area (Å²) in [6, 6.07) is 0. The number of likely N-dealkylation sites (tertiary alicyclic amines) is 1. The molecule has 0 saturated carbocycles. The van der Waals surface area contributed by atoms with Gasteiger partial charge in [-0.05, 0) is 19.3 Å². The van der Waals surface area contributed by atoms with Gasteiger partial charge in [-0.3, -0.25) is 0 Å². The molecule has 0 aromatic heterocycles. The van der Waals surface area contributed by atoms with E-state index in [1.807, 2.05) is 0 Å². The fourth-order valence-electron chi connectivity index (χ4n) is 1.08. The van der Waals surface area contributed by atoms with Crippen LogP contribution in [0.25, 0.3) is 0 Å². The summed E-state index contributed by atoms with van der Waals surface area (Å²) in [6.45, 7) is 2.17. The molecule has 1 nitrogen and oxygen atoms in total. The Bertz CT molecular complexity index is 112. The van der Waals surface area contributed by atoms with Crippen molar-refractivity contribution in [3.05, 3.63) is 0 Å². The molecule has 0 bridgehead atoms. The van der Waals surface area contributed by atoms with Gasteiger partial charge in [0.05, 0.1) is 0 Å². The number of piperidine rings is 1. The molecule has 1 saturated heterocycles. The van der Waals surface area contributed by atoms with Crippen LogP contribution in [0.2, 0.25) is 0 Å². The fourth-order valence-corrected chi connectivity index (χ4v) is 1.44. The first kappa shape index (κ1) is 11.1. The van der Waals surface area contributed by atoms with Crippen LogP contribution in [-0.4, -0.2) is 22.3 Å². The predicted octanol–water partition coefficient (Wildman–Crippen LogP) is -1.69. The van der Waals surface area contributed by atoms with Gasteiger partial charge in [0.2, 0.25) is 0 Å². The van der Waals surface area contributed by atoms with Gasteiger partial charge in [0, 0.05) is 13.1 Å². The monoisotopic (exact) mass is 183 g/mol. The van der Waals surface area contributed by atoms with Crippen molar-refractivity contribution in [2.45, 2.75) is 19.3 Å². The second-order valence-corrected chi connectivity index (χ2v) is 3.35. The third kappa shape index (κ3) is 3.49. The van der Waals surface area contributed by atoms with Crippen molar-refractivity contribution in [3.8, 4) is 0 Å². The summed E-state index contributed by atoms with van der Waals surface area (Å²) in [5.41, 5.74) is 0. The summed E-state index contributed by atoms with van der Waals surface area (Å²) in [6.07, 6.45) is 3.86. The van der Waals surface area contributed by atoms with E-state index in [9.17, 15) is 0 Å². The topological polar surface area (TPSA) is 3.24 Å². The first-order chi connectivity index (χ1) is 4.30. The van der Waals surface area contributed by atoms with Crippen LogP contribution in [0.5, 0.6) is 0 Å². The normalized spacial score (nSPS) is 17.8. The molecule has 0 aromatic rings. The van der Waals surface area contributed by atoms with Crippen LogP contribution >= 0.6 is 12.2 Å². The molecular formula is C6H10NNaS2. The molecule has 0 spiro atoms. The SMILES string of the molecule is S=C([S-])N1CCCCC1.[Na+]. The Balaban J connectivity index is 0.000000810. The average Bonchev–Trinajstić information content (AvgIpc) is 1.90. The van der Waals surface area contributed by atoms with E-state index in [0.29, 0.717) is 4.32 Å². The van der Waals surface area contributed by atoms with E-state index in [1.165, 1.54) is 19.3 Å². The molecule has 1 rings (SSSR count). The van der Waals surface area contributed by atoms with E-state index in [0.717, 1.165) is 13.1 Å². The Morgan fingerprint density at radius 1 is 1.20 bits per heavy atom. The molecule has 0 radical (unpaired) electrons. The van der Waals surface area contributed by atoms with Gasteiger partial charge in [0.15, 0.2) is 0 Å². The Morgan fingerprint density at radius 2 is 1.70 bits per heavy atom. The Labute approximate surface area is 95.2 Å².